The van der Waals surface area contributed by atoms with Crippen molar-refractivity contribution in [1.29, 1.82) is 0 Å². The SMILES string of the molecule is CCCC(NC(=O)COCCOCCNC(=O)COCCOCCNC(=O)CCC(NC(=O)CCCCCCCCCCCCCCCCCCC(=O)O)C(=O)O)C(N)=O. The van der Waals surface area contributed by atoms with Gasteiger partial charge in [-0.3, -0.25) is 28.8 Å². The lowest BCUT2D eigenvalue weighted by atomic mass is 10.0. The third kappa shape index (κ3) is 38.3. The van der Waals surface area contributed by atoms with E-state index in [9.17, 15) is 38.7 Å². The molecule has 0 rings (SSSR count). The summed E-state index contributed by atoms with van der Waals surface area (Å²) in [5.41, 5.74) is 5.25. The van der Waals surface area contributed by atoms with Crippen LogP contribution in [0, 0.1) is 0 Å². The van der Waals surface area contributed by atoms with Crippen molar-refractivity contribution < 1.29 is 62.7 Å². The number of aliphatic carboxylic acids is 2. The molecule has 0 fully saturated rings. The highest BCUT2D eigenvalue weighted by atomic mass is 16.5. The summed E-state index contributed by atoms with van der Waals surface area (Å²) in [5.74, 6) is -3.94. The second-order valence-electron chi connectivity index (χ2n) is 14.9. The second kappa shape index (κ2) is 40.5. The molecule has 0 aliphatic rings. The highest BCUT2D eigenvalue weighted by Crippen LogP contribution is 2.14. The Morgan fingerprint density at radius 2 is 0.883 bits per heavy atom. The van der Waals surface area contributed by atoms with E-state index in [2.05, 4.69) is 21.3 Å². The topological polar surface area (TPSA) is 271 Å². The van der Waals surface area contributed by atoms with Gasteiger partial charge in [-0.25, -0.2) is 4.79 Å². The van der Waals surface area contributed by atoms with E-state index < -0.39 is 35.8 Å². The molecule has 18 nitrogen and oxygen atoms in total. The Morgan fingerprint density at radius 1 is 0.467 bits per heavy atom. The van der Waals surface area contributed by atoms with Crippen molar-refractivity contribution in [1.82, 2.24) is 21.3 Å². The molecular formula is C42H77N5O13. The predicted octanol–water partition coefficient (Wildman–Crippen LogP) is 3.51. The third-order valence-electron chi connectivity index (χ3n) is 9.44. The van der Waals surface area contributed by atoms with Gasteiger partial charge >= 0.3 is 11.9 Å². The number of rotatable bonds is 44. The van der Waals surface area contributed by atoms with Crippen LogP contribution in [0.3, 0.4) is 0 Å². The van der Waals surface area contributed by atoms with E-state index in [0.29, 0.717) is 19.3 Å². The molecule has 0 saturated carbocycles. The van der Waals surface area contributed by atoms with Crippen LogP contribution in [-0.2, 0) is 52.5 Å². The molecule has 348 valence electrons. The molecular weight excluding hydrogens is 782 g/mol. The van der Waals surface area contributed by atoms with E-state index in [1.54, 1.807) is 0 Å². The number of carbonyl (C=O) groups is 7. The number of nitrogens with one attached hydrogen (secondary N) is 4. The molecule has 0 saturated heterocycles. The second-order valence-corrected chi connectivity index (χ2v) is 14.9. The zero-order chi connectivity index (χ0) is 44.5. The van der Waals surface area contributed by atoms with Crippen molar-refractivity contribution in [2.24, 2.45) is 5.73 Å². The van der Waals surface area contributed by atoms with Crippen LogP contribution in [0.5, 0.6) is 0 Å². The van der Waals surface area contributed by atoms with Gasteiger partial charge in [0, 0.05) is 32.4 Å². The predicted molar refractivity (Wildman–Crippen MR) is 225 cm³/mol. The Hall–Kier alpha value is -3.87. The zero-order valence-corrected chi connectivity index (χ0v) is 36.2. The van der Waals surface area contributed by atoms with Crippen LogP contribution in [0.1, 0.15) is 148 Å². The van der Waals surface area contributed by atoms with E-state index in [-0.39, 0.29) is 109 Å². The van der Waals surface area contributed by atoms with Crippen molar-refractivity contribution in [3.8, 4) is 0 Å². The van der Waals surface area contributed by atoms with Crippen LogP contribution in [0.15, 0.2) is 0 Å². The highest BCUT2D eigenvalue weighted by Gasteiger charge is 2.21. The fraction of sp³-hybridized carbons (Fsp3) is 0.833. The molecule has 18 heteroatoms. The van der Waals surface area contributed by atoms with Crippen LogP contribution < -0.4 is 27.0 Å². The number of carboxylic acids is 2. The van der Waals surface area contributed by atoms with Crippen LogP contribution in [0.2, 0.25) is 0 Å². The molecule has 0 aromatic rings. The number of carboxylic acid groups (broad SMARTS) is 2. The number of carbonyl (C=O) groups excluding carboxylic acids is 5. The number of hydrogen-bond donors (Lipinski definition) is 7. The normalized spacial score (nSPS) is 12.0. The smallest absolute Gasteiger partial charge is 0.326 e. The lowest BCUT2D eigenvalue weighted by Crippen LogP contribution is -2.45. The van der Waals surface area contributed by atoms with Gasteiger partial charge < -0.3 is 56.2 Å². The number of primary amides is 1. The maximum atomic E-state index is 12.3. The van der Waals surface area contributed by atoms with Gasteiger partial charge in [-0.05, 0) is 25.7 Å². The zero-order valence-electron chi connectivity index (χ0n) is 36.2. The molecule has 2 unspecified atom stereocenters. The summed E-state index contributed by atoms with van der Waals surface area (Å²) in [6.45, 7) is 3.08. The molecule has 0 radical (unpaired) electrons. The van der Waals surface area contributed by atoms with E-state index in [1.807, 2.05) is 6.92 Å². The fourth-order valence-corrected chi connectivity index (χ4v) is 6.08. The van der Waals surface area contributed by atoms with Crippen molar-refractivity contribution in [3.63, 3.8) is 0 Å². The van der Waals surface area contributed by atoms with Crippen LogP contribution in [0.25, 0.3) is 0 Å². The summed E-state index contributed by atoms with van der Waals surface area (Å²) in [4.78, 5) is 81.7. The van der Waals surface area contributed by atoms with Gasteiger partial charge in [0.2, 0.25) is 29.5 Å². The van der Waals surface area contributed by atoms with E-state index >= 15 is 0 Å². The largest absolute Gasteiger partial charge is 0.481 e. The quantitative estimate of drug-likeness (QED) is 0.0433. The Kier molecular flexibility index (Phi) is 37.9. The van der Waals surface area contributed by atoms with Gasteiger partial charge in [0.1, 0.15) is 25.3 Å². The van der Waals surface area contributed by atoms with Crippen molar-refractivity contribution >= 4 is 41.5 Å². The molecule has 8 N–H and O–H groups in total. The minimum atomic E-state index is -1.18. The van der Waals surface area contributed by atoms with Gasteiger partial charge in [0.25, 0.3) is 0 Å². The fourth-order valence-electron chi connectivity index (χ4n) is 6.08. The van der Waals surface area contributed by atoms with Gasteiger partial charge in [-0.1, -0.05) is 103 Å². The minimum absolute atomic E-state index is 0.0269. The average Bonchev–Trinajstić information content (AvgIpc) is 3.20. The molecule has 60 heavy (non-hydrogen) atoms. The van der Waals surface area contributed by atoms with Crippen LogP contribution in [0.4, 0.5) is 0 Å². The molecule has 0 aromatic carbocycles. The first kappa shape index (κ1) is 56.1. The van der Waals surface area contributed by atoms with E-state index in [1.165, 1.54) is 57.8 Å². The molecule has 0 heterocycles. The van der Waals surface area contributed by atoms with E-state index in [0.717, 1.165) is 38.5 Å². The van der Waals surface area contributed by atoms with Crippen LogP contribution >= 0.6 is 0 Å². The molecule has 0 aliphatic carbocycles. The van der Waals surface area contributed by atoms with Gasteiger partial charge in [0.05, 0.1) is 39.6 Å². The van der Waals surface area contributed by atoms with Gasteiger partial charge in [-0.15, -0.1) is 0 Å². The molecule has 2 atom stereocenters. The van der Waals surface area contributed by atoms with Crippen molar-refractivity contribution in [3.05, 3.63) is 0 Å². The summed E-state index contributed by atoms with van der Waals surface area (Å²) < 4.78 is 21.2. The summed E-state index contributed by atoms with van der Waals surface area (Å²) in [7, 11) is 0. The molecule has 5 amide bonds. The Bertz CT molecular complexity index is 1180. The van der Waals surface area contributed by atoms with Gasteiger partial charge in [0.15, 0.2) is 0 Å². The first-order valence-electron chi connectivity index (χ1n) is 22.1. The molecule has 0 bridgehead atoms. The number of hydrogen-bond acceptors (Lipinski definition) is 11. The number of ether oxygens (including phenoxy) is 4. The standard InChI is InChI=1S/C42H77N5O13/c1-2-19-34(41(43)54)46-39(51)33-60-31-29-58-27-25-45-38(50)32-59-30-28-57-26-24-44-36(48)23-22-35(42(55)56)47-37(49)20-17-15-13-11-9-7-5-3-4-6-8-10-12-14-16-18-21-40(52)53/h34-35H,2-33H2,1H3,(H2,43,54)(H,44,48)(H,45,50)(H,46,51)(H,47,49)(H,52,53)(H,55,56). The molecule has 0 aromatic heterocycles. The Labute approximate surface area is 356 Å². The summed E-state index contributed by atoms with van der Waals surface area (Å²) in [5, 5.41) is 28.5. The average molecular weight is 860 g/mol. The number of unbranched alkanes of at least 4 members (excludes halogenated alkanes) is 15. The summed E-state index contributed by atoms with van der Waals surface area (Å²) >= 11 is 0. The maximum absolute atomic E-state index is 12.3. The molecule has 0 aliphatic heterocycles. The first-order chi connectivity index (χ1) is 29.0. The summed E-state index contributed by atoms with van der Waals surface area (Å²) in [6.07, 6.45) is 19.4. The van der Waals surface area contributed by atoms with Crippen molar-refractivity contribution in [2.45, 2.75) is 160 Å². The number of nitrogens with two attached hydrogens (primary N) is 1. The minimum Gasteiger partial charge on any atom is -0.481 e. The number of amides is 5. The first-order valence-corrected chi connectivity index (χ1v) is 22.1. The van der Waals surface area contributed by atoms with Crippen LogP contribution in [-0.4, -0.2) is 130 Å². The third-order valence-corrected chi connectivity index (χ3v) is 9.44. The summed E-state index contributed by atoms with van der Waals surface area (Å²) in [6, 6.07) is -1.86. The Balaban J connectivity index is 3.68. The van der Waals surface area contributed by atoms with E-state index in [4.69, 9.17) is 29.8 Å². The van der Waals surface area contributed by atoms with Gasteiger partial charge in [-0.2, -0.15) is 0 Å². The lowest BCUT2D eigenvalue weighted by molar-refractivity contribution is -0.142. The highest BCUT2D eigenvalue weighted by molar-refractivity contribution is 5.87. The monoisotopic (exact) mass is 860 g/mol. The lowest BCUT2D eigenvalue weighted by Gasteiger charge is -2.14. The van der Waals surface area contributed by atoms with Crippen molar-refractivity contribution in [2.75, 3.05) is 65.9 Å². The Morgan fingerprint density at radius 3 is 1.33 bits per heavy atom. The molecule has 0 spiro atoms. The maximum Gasteiger partial charge on any atom is 0.326 e.